The lowest BCUT2D eigenvalue weighted by Crippen LogP contribution is -2.21. The maximum absolute atomic E-state index is 13.1. The Hall–Kier alpha value is -3.85. The van der Waals surface area contributed by atoms with Gasteiger partial charge in [0.15, 0.2) is 0 Å². The van der Waals surface area contributed by atoms with Gasteiger partial charge >= 0.3 is 0 Å². The van der Waals surface area contributed by atoms with Gasteiger partial charge in [-0.1, -0.05) is 29.8 Å². The molecule has 0 radical (unpaired) electrons. The molecule has 0 aliphatic heterocycles. The molecule has 0 saturated carbocycles. The summed E-state index contributed by atoms with van der Waals surface area (Å²) in [5.74, 6) is -0.279. The van der Waals surface area contributed by atoms with E-state index in [-0.39, 0.29) is 23.7 Å². The van der Waals surface area contributed by atoms with Crippen molar-refractivity contribution in [3.63, 3.8) is 0 Å². The van der Waals surface area contributed by atoms with Crippen molar-refractivity contribution in [1.29, 1.82) is 0 Å². The average molecular weight is 449 g/mol. The van der Waals surface area contributed by atoms with Crippen molar-refractivity contribution in [2.24, 2.45) is 0 Å². The Morgan fingerprint density at radius 1 is 1.16 bits per heavy atom. The monoisotopic (exact) mass is 448 g/mol. The van der Waals surface area contributed by atoms with Crippen molar-refractivity contribution in [2.45, 2.75) is 27.3 Å². The molecule has 9 heteroatoms. The number of nitro benzene ring substituents is 1. The first-order valence-corrected chi connectivity index (χ1v) is 10.7. The zero-order valence-corrected chi connectivity index (χ0v) is 18.5. The molecule has 4 aromatic rings. The fourth-order valence-corrected chi connectivity index (χ4v) is 4.58. The number of carbonyl (C=O) groups is 1. The van der Waals surface area contributed by atoms with Crippen LogP contribution < -0.4 is 10.9 Å². The van der Waals surface area contributed by atoms with Crippen LogP contribution in [0.5, 0.6) is 0 Å². The second-order valence-corrected chi connectivity index (χ2v) is 8.61. The number of aromatic nitrogens is 2. The number of nitrogens with one attached hydrogen (secondary N) is 1. The van der Waals surface area contributed by atoms with E-state index < -0.39 is 4.92 Å². The van der Waals surface area contributed by atoms with Crippen LogP contribution in [0.3, 0.4) is 0 Å². The van der Waals surface area contributed by atoms with Gasteiger partial charge in [-0.05, 0) is 43.5 Å². The van der Waals surface area contributed by atoms with E-state index in [0.717, 1.165) is 22.4 Å². The Kier molecular flexibility index (Phi) is 5.58. The molecule has 0 spiro atoms. The highest BCUT2D eigenvalue weighted by molar-refractivity contribution is 7.20. The van der Waals surface area contributed by atoms with E-state index in [2.05, 4.69) is 10.3 Å². The molecule has 0 unspecified atom stereocenters. The highest BCUT2D eigenvalue weighted by Gasteiger charge is 2.20. The van der Waals surface area contributed by atoms with Crippen molar-refractivity contribution in [1.82, 2.24) is 9.55 Å². The lowest BCUT2D eigenvalue weighted by atomic mass is 10.1. The maximum atomic E-state index is 13.1. The fourth-order valence-electron chi connectivity index (χ4n) is 3.54. The zero-order chi connectivity index (χ0) is 23.0. The Morgan fingerprint density at radius 3 is 2.53 bits per heavy atom. The summed E-state index contributed by atoms with van der Waals surface area (Å²) in [4.78, 5) is 41.7. The smallest absolute Gasteiger partial charge is 0.269 e. The molecule has 2 aromatic heterocycles. The molecule has 4 rings (SSSR count). The number of rotatable bonds is 5. The number of aryl methyl sites for hydroxylation is 3. The SMILES string of the molecule is Cc1ccc(NC(=O)c2sc3ncn(Cc4ccc([N+](=O)[O-])cc4)c(=O)c3c2C)c(C)c1. The summed E-state index contributed by atoms with van der Waals surface area (Å²) in [6.07, 6.45) is 1.44. The second-order valence-electron chi connectivity index (χ2n) is 7.61. The highest BCUT2D eigenvalue weighted by atomic mass is 32.1. The zero-order valence-electron chi connectivity index (χ0n) is 17.7. The van der Waals surface area contributed by atoms with Crippen molar-refractivity contribution < 1.29 is 9.72 Å². The lowest BCUT2D eigenvalue weighted by Gasteiger charge is -2.08. The molecule has 1 amide bonds. The lowest BCUT2D eigenvalue weighted by molar-refractivity contribution is -0.384. The summed E-state index contributed by atoms with van der Waals surface area (Å²) in [6.45, 7) is 5.88. The number of amides is 1. The van der Waals surface area contributed by atoms with Gasteiger partial charge in [0.2, 0.25) is 0 Å². The molecule has 32 heavy (non-hydrogen) atoms. The third-order valence-electron chi connectivity index (χ3n) is 5.25. The Labute approximate surface area is 187 Å². The summed E-state index contributed by atoms with van der Waals surface area (Å²) in [5.41, 5.74) is 3.84. The first-order chi connectivity index (χ1) is 15.2. The van der Waals surface area contributed by atoms with Crippen LogP contribution in [0.1, 0.15) is 31.9 Å². The predicted octanol–water partition coefficient (Wildman–Crippen LogP) is 4.59. The van der Waals surface area contributed by atoms with Crippen molar-refractivity contribution in [3.8, 4) is 0 Å². The molecular formula is C23H20N4O4S. The second kappa shape index (κ2) is 8.35. The molecule has 0 aliphatic rings. The van der Waals surface area contributed by atoms with Crippen LogP contribution in [0.2, 0.25) is 0 Å². The number of carbonyl (C=O) groups excluding carboxylic acids is 1. The Balaban J connectivity index is 1.65. The number of hydrogen-bond donors (Lipinski definition) is 1. The number of benzene rings is 2. The van der Waals surface area contributed by atoms with Crippen molar-refractivity contribution >= 4 is 38.8 Å². The van der Waals surface area contributed by atoms with Crippen molar-refractivity contribution in [3.05, 3.63) is 96.4 Å². The van der Waals surface area contributed by atoms with Crippen LogP contribution in [-0.4, -0.2) is 20.4 Å². The molecule has 0 aliphatic carbocycles. The number of anilines is 1. The highest BCUT2D eigenvalue weighted by Crippen LogP contribution is 2.28. The topological polar surface area (TPSA) is 107 Å². The van der Waals surface area contributed by atoms with E-state index in [4.69, 9.17) is 0 Å². The summed E-state index contributed by atoms with van der Waals surface area (Å²) in [5, 5.41) is 14.2. The number of fused-ring (bicyclic) bond motifs is 1. The average Bonchev–Trinajstić information content (AvgIpc) is 3.10. The molecule has 0 atom stereocenters. The molecule has 1 N–H and O–H groups in total. The minimum atomic E-state index is -0.469. The molecule has 0 fully saturated rings. The molecule has 162 valence electrons. The molecule has 8 nitrogen and oxygen atoms in total. The van der Waals surface area contributed by atoms with Crippen molar-refractivity contribution in [2.75, 3.05) is 5.32 Å². The third kappa shape index (κ3) is 4.02. The molecule has 0 saturated heterocycles. The van der Waals surface area contributed by atoms with E-state index >= 15 is 0 Å². The van der Waals surface area contributed by atoms with Crippen LogP contribution in [0.15, 0.2) is 53.6 Å². The number of thiophene rings is 1. The van der Waals surface area contributed by atoms with Gasteiger partial charge in [0.1, 0.15) is 4.83 Å². The Morgan fingerprint density at radius 2 is 1.88 bits per heavy atom. The van der Waals surface area contributed by atoms with Crippen LogP contribution in [0.4, 0.5) is 11.4 Å². The summed E-state index contributed by atoms with van der Waals surface area (Å²) in [6, 6.07) is 11.8. The normalized spacial score (nSPS) is 11.0. The van der Waals surface area contributed by atoms with E-state index in [0.29, 0.717) is 20.7 Å². The third-order valence-corrected chi connectivity index (χ3v) is 6.45. The van der Waals surface area contributed by atoms with Gasteiger partial charge in [-0.3, -0.25) is 24.3 Å². The van der Waals surface area contributed by atoms with Crippen LogP contribution >= 0.6 is 11.3 Å². The van der Waals surface area contributed by atoms with Gasteiger partial charge < -0.3 is 5.32 Å². The van der Waals surface area contributed by atoms with Crippen LogP contribution in [0, 0.1) is 30.9 Å². The van der Waals surface area contributed by atoms with Gasteiger partial charge in [0.05, 0.1) is 28.1 Å². The van der Waals surface area contributed by atoms with Crippen LogP contribution in [-0.2, 0) is 6.54 Å². The first kappa shape index (κ1) is 21.4. The standard InChI is InChI=1S/C23H20N4O4S/c1-13-4-9-18(14(2)10-13)25-21(28)20-15(3)19-22(32-20)24-12-26(23(19)29)11-16-5-7-17(8-6-16)27(30)31/h4-10,12H,11H2,1-3H3,(H,25,28). The summed E-state index contributed by atoms with van der Waals surface area (Å²) in [7, 11) is 0. The minimum Gasteiger partial charge on any atom is -0.321 e. The maximum Gasteiger partial charge on any atom is 0.269 e. The molecule has 2 heterocycles. The van der Waals surface area contributed by atoms with E-state index in [1.165, 1.54) is 34.4 Å². The summed E-state index contributed by atoms with van der Waals surface area (Å²) < 4.78 is 1.44. The molecular weight excluding hydrogens is 428 g/mol. The van der Waals surface area contributed by atoms with Crippen LogP contribution in [0.25, 0.3) is 10.2 Å². The minimum absolute atomic E-state index is 0.0113. The van der Waals surface area contributed by atoms with Gasteiger partial charge in [0, 0.05) is 17.8 Å². The number of nitrogens with zero attached hydrogens (tertiary/aromatic N) is 3. The van der Waals surface area contributed by atoms with Gasteiger partial charge in [0.25, 0.3) is 17.2 Å². The quantitative estimate of drug-likeness (QED) is 0.355. The largest absolute Gasteiger partial charge is 0.321 e. The van der Waals surface area contributed by atoms with E-state index in [1.54, 1.807) is 19.1 Å². The predicted molar refractivity (Wildman–Crippen MR) is 125 cm³/mol. The Bertz CT molecular complexity index is 1420. The number of non-ortho nitro benzene ring substituents is 1. The summed E-state index contributed by atoms with van der Waals surface area (Å²) >= 11 is 1.18. The first-order valence-electron chi connectivity index (χ1n) is 9.85. The van der Waals surface area contributed by atoms with E-state index in [1.807, 2.05) is 32.0 Å². The number of nitro groups is 1. The van der Waals surface area contributed by atoms with Gasteiger partial charge in [-0.2, -0.15) is 0 Å². The fraction of sp³-hybridized carbons (Fsp3) is 0.174. The number of hydrogen-bond acceptors (Lipinski definition) is 6. The van der Waals surface area contributed by atoms with Gasteiger partial charge in [-0.25, -0.2) is 4.98 Å². The molecule has 2 aromatic carbocycles. The van der Waals surface area contributed by atoms with Gasteiger partial charge in [-0.15, -0.1) is 11.3 Å². The van der Waals surface area contributed by atoms with E-state index in [9.17, 15) is 19.7 Å². The molecule has 0 bridgehead atoms.